The average Bonchev–Trinajstić information content (AvgIpc) is 2.62. The van der Waals surface area contributed by atoms with Crippen molar-refractivity contribution in [1.82, 2.24) is 0 Å². The van der Waals surface area contributed by atoms with Gasteiger partial charge in [0.05, 0.1) is 0 Å². The van der Waals surface area contributed by atoms with Gasteiger partial charge < -0.3 is 5.11 Å². The number of aliphatic hydroxyl groups is 1. The van der Waals surface area contributed by atoms with Crippen molar-refractivity contribution >= 4 is 38.9 Å². The van der Waals surface area contributed by atoms with Gasteiger partial charge in [0.2, 0.25) is 0 Å². The first-order valence-corrected chi connectivity index (χ1v) is 7.17. The molecule has 1 unspecified atom stereocenters. The number of halogens is 2. The summed E-state index contributed by atoms with van der Waals surface area (Å²) in [5.74, 6) is 0. The minimum atomic E-state index is -0.608. The number of rotatable bonds is 2. The van der Waals surface area contributed by atoms with Crippen LogP contribution in [0, 0.1) is 13.8 Å². The van der Waals surface area contributed by atoms with Crippen molar-refractivity contribution in [3.05, 3.63) is 54.6 Å². The Kier molecular flexibility index (Phi) is 3.93. The van der Waals surface area contributed by atoms with E-state index >= 15 is 0 Å². The highest BCUT2D eigenvalue weighted by molar-refractivity contribution is 9.10. The van der Waals surface area contributed by atoms with E-state index in [0.717, 1.165) is 20.5 Å². The van der Waals surface area contributed by atoms with Gasteiger partial charge in [0.25, 0.3) is 0 Å². The fraction of sp³-hybridized carbons (Fsp3) is 0.231. The smallest absolute Gasteiger partial charge is 0.114 e. The molecule has 1 aromatic heterocycles. The van der Waals surface area contributed by atoms with Gasteiger partial charge in [0, 0.05) is 19.2 Å². The lowest BCUT2D eigenvalue weighted by Crippen LogP contribution is -1.99. The van der Waals surface area contributed by atoms with E-state index in [1.807, 2.05) is 38.1 Å². The zero-order valence-electron chi connectivity index (χ0n) is 9.50. The number of benzene rings is 1. The molecule has 90 valence electrons. The molecule has 1 N–H and O–H groups in total. The number of hydrogen-bond acceptors (Lipinski definition) is 2. The summed E-state index contributed by atoms with van der Waals surface area (Å²) in [5, 5.41) is 11.0. The standard InChI is InChI=1S/C13H12BrClOS/c1-7-3-4-9(15)5-10(7)13(16)12-6-11(14)8(2)17-12/h3-6,13,16H,1-2H3. The lowest BCUT2D eigenvalue weighted by molar-refractivity contribution is 0.223. The third-order valence-corrected chi connectivity index (χ3v) is 5.11. The van der Waals surface area contributed by atoms with E-state index in [0.29, 0.717) is 5.02 Å². The van der Waals surface area contributed by atoms with Gasteiger partial charge in [-0.25, -0.2) is 0 Å². The summed E-state index contributed by atoms with van der Waals surface area (Å²) in [6.45, 7) is 4.00. The van der Waals surface area contributed by atoms with Crippen LogP contribution in [0.15, 0.2) is 28.7 Å². The van der Waals surface area contributed by atoms with E-state index in [9.17, 15) is 5.11 Å². The fourth-order valence-corrected chi connectivity index (χ4v) is 3.42. The van der Waals surface area contributed by atoms with Gasteiger partial charge >= 0.3 is 0 Å². The summed E-state index contributed by atoms with van der Waals surface area (Å²) >= 11 is 11.0. The highest BCUT2D eigenvalue weighted by Gasteiger charge is 2.16. The van der Waals surface area contributed by atoms with E-state index in [1.54, 1.807) is 11.3 Å². The molecule has 1 nitrogen and oxygen atoms in total. The zero-order chi connectivity index (χ0) is 12.6. The van der Waals surface area contributed by atoms with Gasteiger partial charge in [0.15, 0.2) is 0 Å². The molecule has 0 aliphatic heterocycles. The first-order valence-electron chi connectivity index (χ1n) is 5.19. The predicted octanol–water partition coefficient (Wildman–Crippen LogP) is 4.86. The van der Waals surface area contributed by atoms with Crippen LogP contribution < -0.4 is 0 Å². The molecular formula is C13H12BrClOS. The number of aryl methyl sites for hydroxylation is 2. The van der Waals surface area contributed by atoms with Crippen LogP contribution in [0.5, 0.6) is 0 Å². The third kappa shape index (κ3) is 2.74. The summed E-state index contributed by atoms with van der Waals surface area (Å²) in [5.41, 5.74) is 1.91. The van der Waals surface area contributed by atoms with Crippen molar-refractivity contribution in [2.75, 3.05) is 0 Å². The van der Waals surface area contributed by atoms with Gasteiger partial charge in [-0.05, 0) is 59.1 Å². The van der Waals surface area contributed by atoms with E-state index in [1.165, 1.54) is 4.88 Å². The average molecular weight is 332 g/mol. The lowest BCUT2D eigenvalue weighted by Gasteiger charge is -2.12. The lowest BCUT2D eigenvalue weighted by atomic mass is 10.0. The molecule has 17 heavy (non-hydrogen) atoms. The van der Waals surface area contributed by atoms with Gasteiger partial charge in [-0.2, -0.15) is 0 Å². The second-order valence-electron chi connectivity index (χ2n) is 3.96. The van der Waals surface area contributed by atoms with Crippen LogP contribution in [-0.2, 0) is 0 Å². The Morgan fingerprint density at radius 1 is 1.29 bits per heavy atom. The Hall–Kier alpha value is -0.350. The topological polar surface area (TPSA) is 20.2 Å². The van der Waals surface area contributed by atoms with Crippen molar-refractivity contribution in [2.24, 2.45) is 0 Å². The summed E-state index contributed by atoms with van der Waals surface area (Å²) in [6.07, 6.45) is -0.608. The summed E-state index contributed by atoms with van der Waals surface area (Å²) < 4.78 is 1.04. The summed E-state index contributed by atoms with van der Waals surface area (Å²) in [6, 6.07) is 7.55. The molecule has 0 bridgehead atoms. The van der Waals surface area contributed by atoms with E-state index in [-0.39, 0.29) is 0 Å². The summed E-state index contributed by atoms with van der Waals surface area (Å²) in [7, 11) is 0. The molecule has 1 aromatic carbocycles. The summed E-state index contributed by atoms with van der Waals surface area (Å²) in [4.78, 5) is 2.10. The van der Waals surface area contributed by atoms with Crippen molar-refractivity contribution in [3.63, 3.8) is 0 Å². The molecule has 2 rings (SSSR count). The van der Waals surface area contributed by atoms with Crippen LogP contribution in [0.4, 0.5) is 0 Å². The minimum absolute atomic E-state index is 0.608. The Morgan fingerprint density at radius 3 is 2.59 bits per heavy atom. The predicted molar refractivity (Wildman–Crippen MR) is 77.0 cm³/mol. The van der Waals surface area contributed by atoms with Crippen molar-refractivity contribution in [2.45, 2.75) is 20.0 Å². The van der Waals surface area contributed by atoms with Crippen molar-refractivity contribution in [3.8, 4) is 0 Å². The van der Waals surface area contributed by atoms with Crippen LogP contribution in [0.25, 0.3) is 0 Å². The monoisotopic (exact) mass is 330 g/mol. The Labute approximate surface area is 118 Å². The fourth-order valence-electron chi connectivity index (χ4n) is 1.68. The molecule has 0 aliphatic rings. The molecule has 0 saturated heterocycles. The second-order valence-corrected chi connectivity index (χ2v) is 6.54. The molecule has 0 amide bonds. The molecule has 0 spiro atoms. The van der Waals surface area contributed by atoms with E-state index < -0.39 is 6.10 Å². The van der Waals surface area contributed by atoms with Gasteiger partial charge in [0.1, 0.15) is 6.10 Å². The van der Waals surface area contributed by atoms with Gasteiger partial charge in [-0.3, -0.25) is 0 Å². The molecule has 0 radical (unpaired) electrons. The van der Waals surface area contributed by atoms with Gasteiger partial charge in [-0.1, -0.05) is 17.7 Å². The van der Waals surface area contributed by atoms with E-state index in [4.69, 9.17) is 11.6 Å². The Morgan fingerprint density at radius 2 is 2.00 bits per heavy atom. The molecular weight excluding hydrogens is 320 g/mol. The normalized spacial score (nSPS) is 12.8. The van der Waals surface area contributed by atoms with Crippen LogP contribution in [0.1, 0.15) is 27.0 Å². The van der Waals surface area contributed by atoms with E-state index in [2.05, 4.69) is 15.9 Å². The highest BCUT2D eigenvalue weighted by Crippen LogP contribution is 2.35. The largest absolute Gasteiger partial charge is 0.383 e. The molecule has 0 fully saturated rings. The Balaban J connectivity index is 2.42. The van der Waals surface area contributed by atoms with Crippen LogP contribution in [0.2, 0.25) is 5.02 Å². The molecule has 1 heterocycles. The van der Waals surface area contributed by atoms with Crippen LogP contribution in [0.3, 0.4) is 0 Å². The molecule has 1 atom stereocenters. The van der Waals surface area contributed by atoms with Crippen molar-refractivity contribution in [1.29, 1.82) is 0 Å². The highest BCUT2D eigenvalue weighted by atomic mass is 79.9. The SMILES string of the molecule is Cc1ccc(Cl)cc1C(O)c1cc(Br)c(C)s1. The second kappa shape index (κ2) is 5.11. The maximum absolute atomic E-state index is 10.4. The molecule has 0 saturated carbocycles. The quantitative estimate of drug-likeness (QED) is 0.833. The number of aliphatic hydroxyl groups excluding tert-OH is 1. The minimum Gasteiger partial charge on any atom is -0.383 e. The molecule has 0 aliphatic carbocycles. The maximum atomic E-state index is 10.4. The van der Waals surface area contributed by atoms with Crippen molar-refractivity contribution < 1.29 is 5.11 Å². The van der Waals surface area contributed by atoms with Crippen LogP contribution in [-0.4, -0.2) is 5.11 Å². The molecule has 2 aromatic rings. The third-order valence-electron chi connectivity index (χ3n) is 2.68. The Bertz CT molecular complexity index is 531. The zero-order valence-corrected chi connectivity index (χ0v) is 12.7. The first kappa shape index (κ1) is 13.1. The number of hydrogen-bond donors (Lipinski definition) is 1. The number of thiophene rings is 1. The first-order chi connectivity index (χ1) is 7.99. The van der Waals surface area contributed by atoms with Gasteiger partial charge in [-0.15, -0.1) is 11.3 Å². The molecule has 4 heteroatoms. The maximum Gasteiger partial charge on any atom is 0.114 e. The van der Waals surface area contributed by atoms with Crippen LogP contribution >= 0.6 is 38.9 Å².